The molecule has 0 bridgehead atoms. The highest BCUT2D eigenvalue weighted by Gasteiger charge is 2.40. The first-order chi connectivity index (χ1) is 8.65. The summed E-state index contributed by atoms with van der Waals surface area (Å²) in [6.07, 6.45) is 3.07. The molecule has 2 rings (SSSR count). The lowest BCUT2D eigenvalue weighted by molar-refractivity contribution is -0.187. The van der Waals surface area contributed by atoms with Crippen molar-refractivity contribution in [3.05, 3.63) is 0 Å². The van der Waals surface area contributed by atoms with Crippen LogP contribution in [0.4, 0.5) is 0 Å². The summed E-state index contributed by atoms with van der Waals surface area (Å²) in [4.78, 5) is 13.9. The molecule has 5 heteroatoms. The van der Waals surface area contributed by atoms with Crippen LogP contribution in [0.15, 0.2) is 0 Å². The second-order valence-corrected chi connectivity index (χ2v) is 5.07. The number of hydrogen-bond acceptors (Lipinski definition) is 4. The fourth-order valence-corrected chi connectivity index (χ4v) is 2.49. The van der Waals surface area contributed by atoms with Crippen molar-refractivity contribution in [3.8, 4) is 0 Å². The second-order valence-electron chi connectivity index (χ2n) is 5.07. The highest BCUT2D eigenvalue weighted by atomic mass is 16.7. The first-order valence-electron chi connectivity index (χ1n) is 6.74. The molecular weight excluding hydrogens is 234 g/mol. The van der Waals surface area contributed by atoms with E-state index in [9.17, 15) is 4.79 Å². The summed E-state index contributed by atoms with van der Waals surface area (Å²) in [5, 5.41) is 0. The number of nitrogens with zero attached hydrogens (tertiary/aromatic N) is 1. The van der Waals surface area contributed by atoms with Gasteiger partial charge in [0.15, 0.2) is 5.79 Å². The van der Waals surface area contributed by atoms with Gasteiger partial charge in [-0.2, -0.15) is 0 Å². The molecule has 2 aliphatic rings. The zero-order valence-corrected chi connectivity index (χ0v) is 11.3. The molecule has 0 aromatic rings. The number of piperidine rings is 1. The van der Waals surface area contributed by atoms with Crippen molar-refractivity contribution >= 4 is 5.91 Å². The molecule has 0 aliphatic carbocycles. The molecule has 0 N–H and O–H groups in total. The minimum Gasteiger partial charge on any atom is -0.382 e. The van der Waals surface area contributed by atoms with Gasteiger partial charge >= 0.3 is 0 Å². The largest absolute Gasteiger partial charge is 0.382 e. The zero-order valence-electron chi connectivity index (χ0n) is 11.3. The topological polar surface area (TPSA) is 48.0 Å². The fraction of sp³-hybridized carbons (Fsp3) is 0.923. The molecule has 18 heavy (non-hydrogen) atoms. The van der Waals surface area contributed by atoms with Gasteiger partial charge in [0.2, 0.25) is 5.91 Å². The van der Waals surface area contributed by atoms with Gasteiger partial charge < -0.3 is 19.1 Å². The summed E-state index contributed by atoms with van der Waals surface area (Å²) in [5.41, 5.74) is 0. The van der Waals surface area contributed by atoms with E-state index in [1.165, 1.54) is 0 Å². The molecule has 2 fully saturated rings. The van der Waals surface area contributed by atoms with Crippen LogP contribution in [0.5, 0.6) is 0 Å². The van der Waals surface area contributed by atoms with Crippen molar-refractivity contribution in [3.63, 3.8) is 0 Å². The Morgan fingerprint density at radius 2 is 1.94 bits per heavy atom. The first-order valence-corrected chi connectivity index (χ1v) is 6.74. The van der Waals surface area contributed by atoms with Crippen LogP contribution in [0, 0.1) is 0 Å². The summed E-state index contributed by atoms with van der Waals surface area (Å²) in [5.74, 6) is -0.178. The molecule has 1 amide bonds. The number of methoxy groups -OCH3 is 1. The lowest BCUT2D eigenvalue weighted by atomic mass is 10.0. The monoisotopic (exact) mass is 257 g/mol. The third-order valence-corrected chi connectivity index (χ3v) is 3.86. The summed E-state index contributed by atoms with van der Waals surface area (Å²) in [7, 11) is 1.68. The Kier molecular flexibility index (Phi) is 4.59. The van der Waals surface area contributed by atoms with Gasteiger partial charge in [-0.05, 0) is 13.3 Å². The SMILES string of the molecule is COC(C)CCC(=O)N1CCC2(CC1)OCCO2. The van der Waals surface area contributed by atoms with Crippen molar-refractivity contribution in [1.82, 2.24) is 4.90 Å². The predicted octanol–water partition coefficient (Wildman–Crippen LogP) is 1.17. The van der Waals surface area contributed by atoms with Gasteiger partial charge in [-0.1, -0.05) is 0 Å². The molecule has 1 atom stereocenters. The number of carbonyl (C=O) groups excluding carboxylic acids is 1. The summed E-state index contributed by atoms with van der Waals surface area (Å²) >= 11 is 0. The van der Waals surface area contributed by atoms with Crippen LogP contribution in [0.1, 0.15) is 32.6 Å². The van der Waals surface area contributed by atoms with Crippen molar-refractivity contribution in [2.24, 2.45) is 0 Å². The molecule has 0 saturated carbocycles. The van der Waals surface area contributed by atoms with E-state index in [2.05, 4.69) is 0 Å². The van der Waals surface area contributed by atoms with E-state index in [-0.39, 0.29) is 12.0 Å². The van der Waals surface area contributed by atoms with Crippen LogP contribution in [0.2, 0.25) is 0 Å². The predicted molar refractivity (Wildman–Crippen MR) is 66.2 cm³/mol. The molecule has 5 nitrogen and oxygen atoms in total. The third kappa shape index (κ3) is 3.22. The van der Waals surface area contributed by atoms with Gasteiger partial charge in [-0.25, -0.2) is 0 Å². The quantitative estimate of drug-likeness (QED) is 0.758. The Bertz CT molecular complexity index is 279. The van der Waals surface area contributed by atoms with Gasteiger partial charge in [0, 0.05) is 39.5 Å². The molecule has 1 unspecified atom stereocenters. The van der Waals surface area contributed by atoms with Crippen LogP contribution in [0.3, 0.4) is 0 Å². The van der Waals surface area contributed by atoms with Crippen LogP contribution >= 0.6 is 0 Å². The fourth-order valence-electron chi connectivity index (χ4n) is 2.49. The van der Waals surface area contributed by atoms with Gasteiger partial charge in [0.1, 0.15) is 0 Å². The van der Waals surface area contributed by atoms with E-state index in [0.29, 0.717) is 19.6 Å². The summed E-state index contributed by atoms with van der Waals surface area (Å²) < 4.78 is 16.4. The van der Waals surface area contributed by atoms with Crippen LogP contribution in [-0.4, -0.2) is 56.1 Å². The Hall–Kier alpha value is -0.650. The third-order valence-electron chi connectivity index (χ3n) is 3.86. The van der Waals surface area contributed by atoms with Crippen molar-refractivity contribution < 1.29 is 19.0 Å². The minimum absolute atomic E-state index is 0.145. The average Bonchev–Trinajstić information content (AvgIpc) is 2.84. The molecule has 1 spiro atoms. The number of hydrogen-bond donors (Lipinski definition) is 0. The number of carbonyl (C=O) groups is 1. The molecule has 0 aromatic carbocycles. The Labute approximate surface area is 108 Å². The number of ether oxygens (including phenoxy) is 3. The zero-order chi connectivity index (χ0) is 13.0. The van der Waals surface area contributed by atoms with E-state index >= 15 is 0 Å². The van der Waals surface area contributed by atoms with Crippen molar-refractivity contribution in [2.45, 2.75) is 44.5 Å². The van der Waals surface area contributed by atoms with Crippen molar-refractivity contribution in [2.75, 3.05) is 33.4 Å². The summed E-state index contributed by atoms with van der Waals surface area (Å²) in [6.45, 7) is 4.82. The molecule has 0 radical (unpaired) electrons. The van der Waals surface area contributed by atoms with Gasteiger partial charge in [-0.3, -0.25) is 4.79 Å². The van der Waals surface area contributed by atoms with Crippen LogP contribution in [0.25, 0.3) is 0 Å². The van der Waals surface area contributed by atoms with E-state index in [1.54, 1.807) is 7.11 Å². The molecule has 2 aliphatic heterocycles. The maximum absolute atomic E-state index is 12.0. The van der Waals surface area contributed by atoms with Crippen LogP contribution < -0.4 is 0 Å². The molecule has 104 valence electrons. The number of likely N-dealkylation sites (tertiary alicyclic amines) is 1. The van der Waals surface area contributed by atoms with E-state index < -0.39 is 5.79 Å². The minimum atomic E-state index is -0.392. The Morgan fingerprint density at radius 1 is 1.33 bits per heavy atom. The molecule has 2 heterocycles. The Morgan fingerprint density at radius 3 is 2.50 bits per heavy atom. The van der Waals surface area contributed by atoms with Crippen LogP contribution in [-0.2, 0) is 19.0 Å². The number of rotatable bonds is 4. The van der Waals surface area contributed by atoms with E-state index in [4.69, 9.17) is 14.2 Å². The Balaban J connectivity index is 1.73. The lowest BCUT2D eigenvalue weighted by Gasteiger charge is -2.37. The normalized spacial score (nSPS) is 24.4. The van der Waals surface area contributed by atoms with E-state index in [0.717, 1.165) is 32.4 Å². The standard InChI is InChI=1S/C13H23NO4/c1-11(16-2)3-4-12(15)14-7-5-13(6-8-14)17-9-10-18-13/h11H,3-10H2,1-2H3. The highest BCUT2D eigenvalue weighted by molar-refractivity contribution is 5.76. The maximum Gasteiger partial charge on any atom is 0.222 e. The number of amides is 1. The second kappa shape index (κ2) is 5.99. The van der Waals surface area contributed by atoms with Gasteiger partial charge in [0.25, 0.3) is 0 Å². The van der Waals surface area contributed by atoms with Gasteiger partial charge in [0.05, 0.1) is 19.3 Å². The smallest absolute Gasteiger partial charge is 0.222 e. The molecular formula is C13H23NO4. The van der Waals surface area contributed by atoms with Gasteiger partial charge in [-0.15, -0.1) is 0 Å². The molecule has 0 aromatic heterocycles. The molecule has 2 saturated heterocycles. The highest BCUT2D eigenvalue weighted by Crippen LogP contribution is 2.31. The summed E-state index contributed by atoms with van der Waals surface area (Å²) in [6, 6.07) is 0. The maximum atomic E-state index is 12.0. The average molecular weight is 257 g/mol. The lowest BCUT2D eigenvalue weighted by Crippen LogP contribution is -2.47. The van der Waals surface area contributed by atoms with Crippen molar-refractivity contribution in [1.29, 1.82) is 0 Å². The van der Waals surface area contributed by atoms with E-state index in [1.807, 2.05) is 11.8 Å². The first kappa shape index (κ1) is 13.8.